The van der Waals surface area contributed by atoms with Crippen LogP contribution in [-0.4, -0.2) is 14.3 Å². The molecule has 5 heteroatoms. The van der Waals surface area contributed by atoms with Gasteiger partial charge >= 0.3 is 0 Å². The number of sulfonamides is 1. The summed E-state index contributed by atoms with van der Waals surface area (Å²) in [6.07, 6.45) is 0. The van der Waals surface area contributed by atoms with Crippen LogP contribution < -0.4 is 4.72 Å². The molecule has 0 aliphatic carbocycles. The van der Waals surface area contributed by atoms with Crippen LogP contribution in [0.25, 0.3) is 0 Å². The summed E-state index contributed by atoms with van der Waals surface area (Å²) < 4.78 is 22.7. The van der Waals surface area contributed by atoms with Crippen LogP contribution in [0.4, 0.5) is 0 Å². The van der Waals surface area contributed by atoms with Gasteiger partial charge in [0.15, 0.2) is 0 Å². The molecule has 50 valence electrons. The van der Waals surface area contributed by atoms with Gasteiger partial charge in [0.2, 0.25) is 0 Å². The van der Waals surface area contributed by atoms with E-state index in [1.54, 1.807) is 4.72 Å². The highest BCUT2D eigenvalue weighted by Crippen LogP contribution is 2.05. The first-order valence-corrected chi connectivity index (χ1v) is 3.81. The van der Waals surface area contributed by atoms with Gasteiger partial charge in [0.05, 0.1) is 5.41 Å². The average molecular weight is 147 g/mol. The molecule has 0 aromatic carbocycles. The molecule has 0 radical (unpaired) electrons. The van der Waals surface area contributed by atoms with Gasteiger partial charge < -0.3 is 0 Å². The molecule has 0 spiro atoms. The second kappa shape index (κ2) is 1.57. The zero-order chi connectivity index (χ0) is 7.07. The van der Waals surface area contributed by atoms with Crippen LogP contribution in [-0.2, 0) is 14.8 Å². The van der Waals surface area contributed by atoms with Crippen LogP contribution in [0.15, 0.2) is 11.0 Å². The third-order valence-electron chi connectivity index (χ3n) is 0.925. The Morgan fingerprint density at radius 3 is 2.22 bits per heavy atom. The van der Waals surface area contributed by atoms with Crippen LogP contribution in [0.1, 0.15) is 6.92 Å². The molecule has 1 N–H and O–H groups in total. The van der Waals surface area contributed by atoms with Gasteiger partial charge in [-0.15, -0.1) is 0 Å². The molecule has 1 heterocycles. The van der Waals surface area contributed by atoms with Crippen molar-refractivity contribution in [3.8, 4) is 0 Å². The van der Waals surface area contributed by atoms with Gasteiger partial charge in [-0.2, -0.15) is 0 Å². The smallest absolute Gasteiger partial charge is 0.261 e. The van der Waals surface area contributed by atoms with Crippen molar-refractivity contribution in [2.24, 2.45) is 0 Å². The molecule has 0 saturated heterocycles. The largest absolute Gasteiger partial charge is 0.269 e. The molecule has 0 atom stereocenters. The Morgan fingerprint density at radius 2 is 2.11 bits per heavy atom. The van der Waals surface area contributed by atoms with Gasteiger partial charge in [-0.05, 0) is 6.92 Å². The number of carbonyl (C=O) groups excluding carboxylic acids is 1. The van der Waals surface area contributed by atoms with Crippen LogP contribution in [0.2, 0.25) is 0 Å². The topological polar surface area (TPSA) is 63.2 Å². The van der Waals surface area contributed by atoms with Gasteiger partial charge in [-0.3, -0.25) is 4.79 Å². The molecule has 0 unspecified atom stereocenters. The van der Waals surface area contributed by atoms with Crippen LogP contribution >= 0.6 is 0 Å². The molecule has 0 aromatic heterocycles. The molecule has 1 amide bonds. The zero-order valence-corrected chi connectivity index (χ0v) is 5.53. The Morgan fingerprint density at radius 1 is 1.56 bits per heavy atom. The first-order valence-electron chi connectivity index (χ1n) is 2.27. The van der Waals surface area contributed by atoms with Gasteiger partial charge in [-0.1, -0.05) is 0 Å². The number of amides is 1. The second-order valence-electron chi connectivity index (χ2n) is 1.78. The van der Waals surface area contributed by atoms with Crippen molar-refractivity contribution < 1.29 is 13.2 Å². The highest BCUT2D eigenvalue weighted by molar-refractivity contribution is 7.93. The monoisotopic (exact) mass is 147 g/mol. The van der Waals surface area contributed by atoms with Gasteiger partial charge in [-0.25, -0.2) is 13.1 Å². The Kier molecular flexibility index (Phi) is 1.10. The van der Waals surface area contributed by atoms with E-state index in [-0.39, 0.29) is 5.57 Å². The molecule has 1 aliphatic rings. The SMILES string of the molecule is CC1=CS(=O)(=O)NC1=O. The molecular formula is C4H5NO3S. The molecule has 1 aliphatic heterocycles. The van der Waals surface area contributed by atoms with Crippen LogP contribution in [0.3, 0.4) is 0 Å². The van der Waals surface area contributed by atoms with Crippen molar-refractivity contribution >= 4 is 15.9 Å². The summed E-state index contributed by atoms with van der Waals surface area (Å²) in [7, 11) is -3.41. The van der Waals surface area contributed by atoms with E-state index in [1.807, 2.05) is 0 Å². The summed E-state index contributed by atoms with van der Waals surface area (Å²) in [6, 6.07) is 0. The summed E-state index contributed by atoms with van der Waals surface area (Å²) in [6.45, 7) is 1.44. The normalized spacial score (nSPS) is 23.2. The maximum atomic E-state index is 10.4. The van der Waals surface area contributed by atoms with E-state index in [0.717, 1.165) is 5.41 Å². The van der Waals surface area contributed by atoms with Crippen molar-refractivity contribution in [2.45, 2.75) is 6.92 Å². The van der Waals surface area contributed by atoms with E-state index in [4.69, 9.17) is 0 Å². The van der Waals surface area contributed by atoms with Crippen molar-refractivity contribution in [1.82, 2.24) is 4.72 Å². The highest BCUT2D eigenvalue weighted by Gasteiger charge is 2.21. The van der Waals surface area contributed by atoms with E-state index >= 15 is 0 Å². The van der Waals surface area contributed by atoms with Crippen molar-refractivity contribution in [2.75, 3.05) is 0 Å². The van der Waals surface area contributed by atoms with E-state index < -0.39 is 15.9 Å². The Hall–Kier alpha value is -0.840. The molecule has 0 bridgehead atoms. The maximum Gasteiger partial charge on any atom is 0.261 e. The summed E-state index contributed by atoms with van der Waals surface area (Å²) in [5.41, 5.74) is 0.231. The summed E-state index contributed by atoms with van der Waals surface area (Å²) in [5, 5.41) is 0.912. The van der Waals surface area contributed by atoms with Crippen LogP contribution in [0, 0.1) is 0 Å². The minimum absolute atomic E-state index is 0.231. The fraction of sp³-hybridized carbons (Fsp3) is 0.250. The Bertz CT molecular complexity index is 274. The maximum absolute atomic E-state index is 10.4. The minimum atomic E-state index is -3.41. The van der Waals surface area contributed by atoms with E-state index in [0.29, 0.717) is 0 Å². The lowest BCUT2D eigenvalue weighted by molar-refractivity contribution is -0.115. The van der Waals surface area contributed by atoms with Gasteiger partial charge in [0.25, 0.3) is 15.9 Å². The quantitative estimate of drug-likeness (QED) is 0.495. The summed E-state index contributed by atoms with van der Waals surface area (Å²) in [4.78, 5) is 10.4. The fourth-order valence-electron chi connectivity index (χ4n) is 0.525. The Balaban J connectivity index is 3.15. The molecule has 0 saturated carbocycles. The second-order valence-corrected chi connectivity index (χ2v) is 3.31. The Labute approximate surface area is 52.6 Å². The molecule has 9 heavy (non-hydrogen) atoms. The van der Waals surface area contributed by atoms with Crippen molar-refractivity contribution in [3.05, 3.63) is 11.0 Å². The van der Waals surface area contributed by atoms with E-state index in [9.17, 15) is 13.2 Å². The minimum Gasteiger partial charge on any atom is -0.269 e. The van der Waals surface area contributed by atoms with Gasteiger partial charge in [0.1, 0.15) is 0 Å². The predicted octanol–water partition coefficient (Wildman–Crippen LogP) is -0.650. The highest BCUT2D eigenvalue weighted by atomic mass is 32.2. The fourth-order valence-corrected chi connectivity index (χ4v) is 1.58. The lowest BCUT2D eigenvalue weighted by Crippen LogP contribution is -2.21. The third kappa shape index (κ3) is 1.10. The van der Waals surface area contributed by atoms with E-state index in [1.165, 1.54) is 6.92 Å². The van der Waals surface area contributed by atoms with Crippen molar-refractivity contribution in [3.63, 3.8) is 0 Å². The zero-order valence-electron chi connectivity index (χ0n) is 4.71. The predicted molar refractivity (Wildman–Crippen MR) is 30.8 cm³/mol. The third-order valence-corrected chi connectivity index (χ3v) is 2.06. The van der Waals surface area contributed by atoms with Crippen LogP contribution in [0.5, 0.6) is 0 Å². The number of nitrogens with one attached hydrogen (secondary N) is 1. The van der Waals surface area contributed by atoms with Gasteiger partial charge in [0, 0.05) is 5.57 Å². The molecule has 1 rings (SSSR count). The molecule has 0 fully saturated rings. The number of carbonyl (C=O) groups is 1. The summed E-state index contributed by atoms with van der Waals surface area (Å²) >= 11 is 0. The molecule has 4 nitrogen and oxygen atoms in total. The lowest BCUT2D eigenvalue weighted by atomic mass is 10.3. The first kappa shape index (κ1) is 6.28. The lowest BCUT2D eigenvalue weighted by Gasteiger charge is -1.87. The number of hydrogen-bond donors (Lipinski definition) is 1. The standard InChI is InChI=1S/C4H5NO3S/c1-3-2-9(7,8)5-4(3)6/h2H,1H3,(H,5,6). The number of hydrogen-bond acceptors (Lipinski definition) is 3. The average Bonchev–Trinajstić information content (AvgIpc) is 1.79. The number of rotatable bonds is 0. The first-order chi connectivity index (χ1) is 4.01. The molecule has 0 aromatic rings. The molecular weight excluding hydrogens is 142 g/mol. The van der Waals surface area contributed by atoms with Crippen molar-refractivity contribution in [1.29, 1.82) is 0 Å². The van der Waals surface area contributed by atoms with E-state index in [2.05, 4.69) is 0 Å². The summed E-state index contributed by atoms with van der Waals surface area (Å²) in [5.74, 6) is -0.532.